The van der Waals surface area contributed by atoms with Gasteiger partial charge in [0.2, 0.25) is 5.91 Å². The van der Waals surface area contributed by atoms with Crippen molar-refractivity contribution < 1.29 is 4.79 Å². The fourth-order valence-corrected chi connectivity index (χ4v) is 2.52. The first-order chi connectivity index (χ1) is 8.53. The Balaban J connectivity index is 1.76. The lowest BCUT2D eigenvalue weighted by atomic mass is 10.0. The number of primary amides is 1. The number of carbonyl (C=O) groups is 1. The van der Waals surface area contributed by atoms with Gasteiger partial charge in [-0.05, 0) is 32.7 Å². The van der Waals surface area contributed by atoms with E-state index in [4.69, 9.17) is 5.73 Å². The van der Waals surface area contributed by atoms with Gasteiger partial charge in [-0.1, -0.05) is 0 Å². The van der Waals surface area contributed by atoms with Crippen LogP contribution >= 0.6 is 0 Å². The van der Waals surface area contributed by atoms with Crippen LogP contribution < -0.4 is 11.1 Å². The molecular formula is C13H26N4O. The minimum absolute atomic E-state index is 0.273. The molecular weight excluding hydrogens is 228 g/mol. The van der Waals surface area contributed by atoms with Crippen molar-refractivity contribution in [3.05, 3.63) is 0 Å². The molecule has 2 fully saturated rings. The zero-order chi connectivity index (χ0) is 13.2. The number of hydrogen-bond acceptors (Lipinski definition) is 4. The highest BCUT2D eigenvalue weighted by molar-refractivity contribution is 5.84. The lowest BCUT2D eigenvalue weighted by Gasteiger charge is -2.39. The highest BCUT2D eigenvalue weighted by atomic mass is 16.1. The van der Waals surface area contributed by atoms with Gasteiger partial charge >= 0.3 is 0 Å². The van der Waals surface area contributed by atoms with E-state index >= 15 is 0 Å². The molecule has 0 radical (unpaired) electrons. The second kappa shape index (κ2) is 5.55. The van der Waals surface area contributed by atoms with E-state index in [0.29, 0.717) is 6.54 Å². The lowest BCUT2D eigenvalue weighted by Crippen LogP contribution is -2.60. The average Bonchev–Trinajstić information content (AvgIpc) is 3.15. The SMILES string of the molecule is CNC(C)(CN1CCN(CC2CC2)CC1)C(N)=O. The molecule has 0 spiro atoms. The highest BCUT2D eigenvalue weighted by Crippen LogP contribution is 2.29. The van der Waals surface area contributed by atoms with Crippen LogP contribution in [0.3, 0.4) is 0 Å². The Hall–Kier alpha value is -0.650. The van der Waals surface area contributed by atoms with Crippen molar-refractivity contribution in [2.45, 2.75) is 25.3 Å². The predicted molar refractivity (Wildman–Crippen MR) is 72.3 cm³/mol. The van der Waals surface area contributed by atoms with Gasteiger partial charge < -0.3 is 16.0 Å². The summed E-state index contributed by atoms with van der Waals surface area (Å²) in [6.07, 6.45) is 2.83. The van der Waals surface area contributed by atoms with Gasteiger partial charge in [-0.2, -0.15) is 0 Å². The molecule has 1 saturated heterocycles. The zero-order valence-electron chi connectivity index (χ0n) is 11.6. The molecule has 2 rings (SSSR count). The molecule has 0 aromatic rings. The number of nitrogens with one attached hydrogen (secondary N) is 1. The van der Waals surface area contributed by atoms with Gasteiger partial charge in [0.15, 0.2) is 0 Å². The number of likely N-dealkylation sites (N-methyl/N-ethyl adjacent to an activating group) is 1. The summed E-state index contributed by atoms with van der Waals surface area (Å²) in [5.41, 5.74) is 4.85. The quantitative estimate of drug-likeness (QED) is 0.669. The Morgan fingerprint density at radius 3 is 2.28 bits per heavy atom. The lowest BCUT2D eigenvalue weighted by molar-refractivity contribution is -0.124. The summed E-state index contributed by atoms with van der Waals surface area (Å²) in [4.78, 5) is 16.4. The number of nitrogens with two attached hydrogens (primary N) is 1. The van der Waals surface area contributed by atoms with E-state index in [1.54, 1.807) is 7.05 Å². The summed E-state index contributed by atoms with van der Waals surface area (Å²) in [6, 6.07) is 0. The maximum absolute atomic E-state index is 11.5. The van der Waals surface area contributed by atoms with Crippen molar-refractivity contribution in [3.63, 3.8) is 0 Å². The maximum atomic E-state index is 11.5. The van der Waals surface area contributed by atoms with Gasteiger partial charge in [0.25, 0.3) is 0 Å². The van der Waals surface area contributed by atoms with Crippen LogP contribution in [0.25, 0.3) is 0 Å². The van der Waals surface area contributed by atoms with Gasteiger partial charge in [0, 0.05) is 39.3 Å². The normalized spacial score (nSPS) is 25.9. The predicted octanol–water partition coefficient (Wildman–Crippen LogP) is -0.523. The van der Waals surface area contributed by atoms with E-state index < -0.39 is 5.54 Å². The van der Waals surface area contributed by atoms with Gasteiger partial charge in [0.05, 0.1) is 0 Å². The van der Waals surface area contributed by atoms with E-state index in [0.717, 1.165) is 32.1 Å². The molecule has 0 aromatic heterocycles. The molecule has 0 aromatic carbocycles. The van der Waals surface area contributed by atoms with Gasteiger partial charge in [0.1, 0.15) is 5.54 Å². The zero-order valence-corrected chi connectivity index (χ0v) is 11.6. The number of amides is 1. The van der Waals surface area contributed by atoms with Crippen molar-refractivity contribution in [1.29, 1.82) is 0 Å². The van der Waals surface area contributed by atoms with Crippen molar-refractivity contribution in [2.75, 3.05) is 46.3 Å². The van der Waals surface area contributed by atoms with Crippen LogP contribution in [0, 0.1) is 5.92 Å². The smallest absolute Gasteiger partial charge is 0.238 e. The standard InChI is InChI=1S/C13H26N4O/c1-13(15-2,12(14)18)10-17-7-5-16(6-8-17)9-11-3-4-11/h11,15H,3-10H2,1-2H3,(H2,14,18). The molecule has 1 aliphatic carbocycles. The minimum atomic E-state index is -0.612. The Labute approximate surface area is 110 Å². The summed E-state index contributed by atoms with van der Waals surface area (Å²) in [7, 11) is 1.80. The van der Waals surface area contributed by atoms with Crippen molar-refractivity contribution >= 4 is 5.91 Å². The number of nitrogens with zero attached hydrogens (tertiary/aromatic N) is 2. The largest absolute Gasteiger partial charge is 0.368 e. The average molecular weight is 254 g/mol. The summed E-state index contributed by atoms with van der Waals surface area (Å²) >= 11 is 0. The summed E-state index contributed by atoms with van der Waals surface area (Å²) < 4.78 is 0. The molecule has 104 valence electrons. The van der Waals surface area contributed by atoms with Crippen molar-refractivity contribution in [1.82, 2.24) is 15.1 Å². The first-order valence-corrected chi connectivity index (χ1v) is 6.97. The topological polar surface area (TPSA) is 61.6 Å². The van der Waals surface area contributed by atoms with Crippen molar-refractivity contribution in [3.8, 4) is 0 Å². The van der Waals surface area contributed by atoms with Crippen molar-refractivity contribution in [2.24, 2.45) is 11.7 Å². The van der Waals surface area contributed by atoms with Gasteiger partial charge in [-0.15, -0.1) is 0 Å². The van der Waals surface area contributed by atoms with Crippen LogP contribution in [-0.2, 0) is 4.79 Å². The molecule has 2 aliphatic rings. The number of piperazine rings is 1. The minimum Gasteiger partial charge on any atom is -0.368 e. The number of rotatable bonds is 6. The second-order valence-electron chi connectivity index (χ2n) is 5.97. The van der Waals surface area contributed by atoms with Crippen LogP contribution in [0.1, 0.15) is 19.8 Å². The Morgan fingerprint density at radius 2 is 1.83 bits per heavy atom. The summed E-state index contributed by atoms with van der Waals surface area (Å²) in [5.74, 6) is 0.690. The second-order valence-corrected chi connectivity index (χ2v) is 5.97. The monoisotopic (exact) mass is 254 g/mol. The molecule has 1 amide bonds. The van der Waals surface area contributed by atoms with E-state index in [-0.39, 0.29) is 5.91 Å². The van der Waals surface area contributed by atoms with E-state index in [2.05, 4.69) is 15.1 Å². The third-order valence-electron chi connectivity index (χ3n) is 4.31. The molecule has 1 atom stereocenters. The maximum Gasteiger partial charge on any atom is 0.238 e. The molecule has 5 nitrogen and oxygen atoms in total. The number of carbonyl (C=O) groups excluding carboxylic acids is 1. The van der Waals surface area contributed by atoms with Crippen LogP contribution in [0.2, 0.25) is 0 Å². The van der Waals surface area contributed by atoms with E-state index in [9.17, 15) is 4.79 Å². The Bertz CT molecular complexity index is 297. The van der Waals surface area contributed by atoms with E-state index in [1.165, 1.54) is 19.4 Å². The van der Waals surface area contributed by atoms with Crippen LogP contribution in [0.15, 0.2) is 0 Å². The summed E-state index contributed by atoms with van der Waals surface area (Å²) in [5, 5.41) is 3.05. The van der Waals surface area contributed by atoms with Crippen LogP contribution in [0.5, 0.6) is 0 Å². The first-order valence-electron chi connectivity index (χ1n) is 6.97. The third kappa shape index (κ3) is 3.43. The van der Waals surface area contributed by atoms with Crippen LogP contribution in [-0.4, -0.2) is 67.6 Å². The molecule has 1 unspecified atom stereocenters. The molecule has 1 aliphatic heterocycles. The fourth-order valence-electron chi connectivity index (χ4n) is 2.52. The highest BCUT2D eigenvalue weighted by Gasteiger charge is 2.33. The number of hydrogen-bond donors (Lipinski definition) is 2. The molecule has 18 heavy (non-hydrogen) atoms. The summed E-state index contributed by atoms with van der Waals surface area (Å²) in [6.45, 7) is 8.17. The first kappa shape index (κ1) is 13.8. The third-order valence-corrected chi connectivity index (χ3v) is 4.31. The molecule has 1 saturated carbocycles. The molecule has 1 heterocycles. The van der Waals surface area contributed by atoms with Gasteiger partial charge in [-0.25, -0.2) is 0 Å². The molecule has 0 bridgehead atoms. The van der Waals surface area contributed by atoms with Crippen LogP contribution in [0.4, 0.5) is 0 Å². The van der Waals surface area contributed by atoms with Gasteiger partial charge in [-0.3, -0.25) is 9.69 Å². The molecule has 3 N–H and O–H groups in total. The Morgan fingerprint density at radius 1 is 1.28 bits per heavy atom. The Kier molecular flexibility index (Phi) is 4.25. The fraction of sp³-hybridized carbons (Fsp3) is 0.923. The van der Waals surface area contributed by atoms with E-state index in [1.807, 2.05) is 6.92 Å². The molecule has 5 heteroatoms.